The van der Waals surface area contributed by atoms with Gasteiger partial charge in [-0.3, -0.25) is 0 Å². The molecule has 0 bridgehead atoms. The second-order valence-electron chi connectivity index (χ2n) is 10.6. The Morgan fingerprint density at radius 3 is 1.24 bits per heavy atom. The summed E-state index contributed by atoms with van der Waals surface area (Å²) in [5.74, 6) is -2.51. The summed E-state index contributed by atoms with van der Waals surface area (Å²) in [7, 11) is 5.13. The van der Waals surface area contributed by atoms with Gasteiger partial charge in [0, 0.05) is 42.4 Å². The maximum Gasteiger partial charge on any atom is 0.339 e. The highest BCUT2D eigenvalue weighted by molar-refractivity contribution is 7.29. The number of rotatable bonds is 6. The van der Waals surface area contributed by atoms with E-state index in [9.17, 15) is 19.2 Å². The van der Waals surface area contributed by atoms with Crippen LogP contribution in [0.3, 0.4) is 0 Å². The minimum Gasteiger partial charge on any atom is -0.465 e. The van der Waals surface area contributed by atoms with E-state index in [0.717, 1.165) is 51.4 Å². The zero-order valence-electron chi connectivity index (χ0n) is 25.8. The van der Waals surface area contributed by atoms with Gasteiger partial charge in [-0.1, -0.05) is 12.1 Å². The van der Waals surface area contributed by atoms with Crippen LogP contribution in [-0.4, -0.2) is 61.1 Å². The fraction of sp³-hybridized carbons (Fsp3) is 0.118. The molecule has 10 nitrogen and oxygen atoms in total. The maximum atomic E-state index is 13.2. The number of thiophene rings is 4. The van der Waals surface area contributed by atoms with E-state index in [-0.39, 0.29) is 22.3 Å². The molecule has 244 valence electrons. The molecule has 5 aromatic heterocycles. The molecule has 0 saturated carbocycles. The Hall–Kier alpha value is -4.80. The van der Waals surface area contributed by atoms with Crippen LogP contribution in [0.15, 0.2) is 47.2 Å². The van der Waals surface area contributed by atoms with Gasteiger partial charge < -0.3 is 18.9 Å². The number of hydrogen-bond donors (Lipinski definition) is 0. The molecule has 8 rings (SSSR count). The van der Waals surface area contributed by atoms with E-state index < -0.39 is 23.9 Å². The van der Waals surface area contributed by atoms with Crippen molar-refractivity contribution >= 4 is 132 Å². The molecule has 49 heavy (non-hydrogen) atoms. The topological polar surface area (TPSA) is 131 Å². The van der Waals surface area contributed by atoms with Gasteiger partial charge in [-0.15, -0.1) is 45.3 Å². The SMILES string of the molecule is COC(=O)c1c(C(=O)OC)c2cc(-c3ccc(-c4cc5c(C(=O)OC)c(C(=O)OC)c6ccsc6c5s4)c4nsnc34)sc2c2sccc12. The van der Waals surface area contributed by atoms with E-state index in [4.69, 9.17) is 18.9 Å². The summed E-state index contributed by atoms with van der Waals surface area (Å²) in [6, 6.07) is 11.3. The lowest BCUT2D eigenvalue weighted by Crippen LogP contribution is -2.12. The minimum atomic E-state index is -0.634. The molecule has 0 aliphatic carbocycles. The van der Waals surface area contributed by atoms with Gasteiger partial charge in [-0.05, 0) is 35.0 Å². The van der Waals surface area contributed by atoms with Crippen LogP contribution in [0, 0.1) is 0 Å². The first-order chi connectivity index (χ1) is 23.8. The summed E-state index contributed by atoms with van der Waals surface area (Å²) in [4.78, 5) is 53.9. The average molecular weight is 745 g/mol. The van der Waals surface area contributed by atoms with Crippen molar-refractivity contribution in [2.45, 2.75) is 0 Å². The molecule has 0 N–H and O–H groups in total. The van der Waals surface area contributed by atoms with Crippen molar-refractivity contribution < 1.29 is 38.1 Å². The van der Waals surface area contributed by atoms with Crippen LogP contribution in [0.4, 0.5) is 0 Å². The van der Waals surface area contributed by atoms with Crippen LogP contribution in [0.2, 0.25) is 0 Å². The Morgan fingerprint density at radius 2 is 0.878 bits per heavy atom. The Kier molecular flexibility index (Phi) is 7.68. The quantitative estimate of drug-likeness (QED) is 0.120. The predicted molar refractivity (Wildman–Crippen MR) is 195 cm³/mol. The Morgan fingerprint density at radius 1 is 0.510 bits per heavy atom. The monoisotopic (exact) mass is 744 g/mol. The first-order valence-corrected chi connectivity index (χ1v) is 18.5. The van der Waals surface area contributed by atoms with Crippen molar-refractivity contribution in [2.75, 3.05) is 28.4 Å². The Labute approximate surface area is 296 Å². The molecular formula is C34H20N2O8S5. The molecule has 3 aromatic carbocycles. The van der Waals surface area contributed by atoms with E-state index in [1.54, 1.807) is 0 Å². The molecule has 0 amide bonds. The van der Waals surface area contributed by atoms with Gasteiger partial charge in [0.15, 0.2) is 0 Å². The van der Waals surface area contributed by atoms with Gasteiger partial charge in [0.05, 0.1) is 81.2 Å². The van der Waals surface area contributed by atoms with E-state index in [1.807, 2.05) is 47.2 Å². The molecule has 0 unspecified atom stereocenters. The van der Waals surface area contributed by atoms with Gasteiger partial charge in [0.2, 0.25) is 0 Å². The normalized spacial score (nSPS) is 11.6. The molecule has 15 heteroatoms. The smallest absolute Gasteiger partial charge is 0.339 e. The lowest BCUT2D eigenvalue weighted by molar-refractivity contribution is 0.0559. The number of methoxy groups -OCH3 is 4. The third-order valence-electron chi connectivity index (χ3n) is 8.29. The van der Waals surface area contributed by atoms with E-state index in [2.05, 4.69) is 8.75 Å². The summed E-state index contributed by atoms with van der Waals surface area (Å²) >= 11 is 7.01. The van der Waals surface area contributed by atoms with Gasteiger partial charge in [-0.25, -0.2) is 19.2 Å². The molecular weight excluding hydrogens is 725 g/mol. The lowest BCUT2D eigenvalue weighted by atomic mass is 9.98. The fourth-order valence-electron chi connectivity index (χ4n) is 6.18. The Bertz CT molecular complexity index is 2530. The van der Waals surface area contributed by atoms with Crippen LogP contribution < -0.4 is 0 Å². The van der Waals surface area contributed by atoms with Crippen molar-refractivity contribution in [3.63, 3.8) is 0 Å². The summed E-state index contributed by atoms with van der Waals surface area (Å²) < 4.78 is 33.2. The van der Waals surface area contributed by atoms with Crippen LogP contribution in [0.1, 0.15) is 41.4 Å². The van der Waals surface area contributed by atoms with Gasteiger partial charge >= 0.3 is 23.9 Å². The van der Waals surface area contributed by atoms with Crippen molar-refractivity contribution in [1.82, 2.24) is 8.75 Å². The molecule has 8 aromatic rings. The van der Waals surface area contributed by atoms with Gasteiger partial charge in [0.1, 0.15) is 11.0 Å². The molecule has 0 spiro atoms. The van der Waals surface area contributed by atoms with Crippen LogP contribution in [0.5, 0.6) is 0 Å². The van der Waals surface area contributed by atoms with Gasteiger partial charge in [0.25, 0.3) is 0 Å². The third-order valence-corrected chi connectivity index (χ3v) is 13.3. The van der Waals surface area contributed by atoms with Crippen LogP contribution in [-0.2, 0) is 18.9 Å². The van der Waals surface area contributed by atoms with Gasteiger partial charge in [-0.2, -0.15) is 8.75 Å². The highest BCUT2D eigenvalue weighted by atomic mass is 32.1. The Balaban J connectivity index is 1.35. The number of hydrogen-bond acceptors (Lipinski definition) is 15. The number of esters is 4. The highest BCUT2D eigenvalue weighted by Gasteiger charge is 2.30. The summed E-state index contributed by atoms with van der Waals surface area (Å²) in [5.41, 5.74) is 3.57. The van der Waals surface area contributed by atoms with E-state index in [1.165, 1.54) is 73.8 Å². The molecule has 0 saturated heterocycles. The molecule has 0 aliphatic rings. The first kappa shape index (κ1) is 31.5. The molecule has 0 fully saturated rings. The number of ether oxygens (including phenoxy) is 4. The standard InChI is InChI=1S/C34H20N2O8S5/c1-41-31(37)21-15-7-9-45-27(15)29-17(23(21)33(39)43-3)11-19(47-29)13-5-6-14(26-25(13)35-49-36-26)20-12-18-24(34(40)44-4)22(32(38)42-2)16-8-10-46-28(16)30(18)48-20/h5-12H,1-4H3. The second kappa shape index (κ2) is 12.0. The maximum absolute atomic E-state index is 13.2. The second-order valence-corrected chi connectivity index (χ2v) is 15.1. The summed E-state index contributed by atoms with van der Waals surface area (Å²) in [6.07, 6.45) is 0. The number of carbonyl (C=O) groups excluding carboxylic acids is 4. The van der Waals surface area contributed by atoms with Crippen molar-refractivity contribution in [3.05, 3.63) is 69.4 Å². The minimum absolute atomic E-state index is 0.153. The largest absolute Gasteiger partial charge is 0.465 e. The fourth-order valence-corrected chi connectivity index (χ4v) is 11.3. The zero-order valence-corrected chi connectivity index (χ0v) is 29.9. The van der Waals surface area contributed by atoms with Crippen molar-refractivity contribution in [3.8, 4) is 20.9 Å². The van der Waals surface area contributed by atoms with Crippen molar-refractivity contribution in [1.29, 1.82) is 0 Å². The number of nitrogens with zero attached hydrogens (tertiary/aromatic N) is 2. The number of benzene rings is 3. The first-order valence-electron chi connectivity index (χ1n) is 14.3. The van der Waals surface area contributed by atoms with E-state index in [0.29, 0.717) is 32.6 Å². The number of fused-ring (bicyclic) bond motifs is 7. The number of aromatic nitrogens is 2. The summed E-state index contributed by atoms with van der Waals surface area (Å²) in [6.45, 7) is 0. The highest BCUT2D eigenvalue weighted by Crippen LogP contribution is 2.48. The molecule has 5 heterocycles. The van der Waals surface area contributed by atoms with Crippen molar-refractivity contribution in [2.24, 2.45) is 0 Å². The zero-order chi connectivity index (χ0) is 34.1. The summed E-state index contributed by atoms with van der Waals surface area (Å²) in [5, 5.41) is 6.18. The predicted octanol–water partition coefficient (Wildman–Crippen LogP) is 9.03. The van der Waals surface area contributed by atoms with Crippen LogP contribution in [0.25, 0.3) is 72.3 Å². The van der Waals surface area contributed by atoms with Crippen LogP contribution >= 0.6 is 57.1 Å². The molecule has 0 atom stereocenters. The average Bonchev–Trinajstić information content (AvgIpc) is 3.96. The number of carbonyl (C=O) groups is 4. The molecule has 0 aliphatic heterocycles. The third kappa shape index (κ3) is 4.60. The molecule has 0 radical (unpaired) electrons. The lowest BCUT2D eigenvalue weighted by Gasteiger charge is -2.10. The van der Waals surface area contributed by atoms with E-state index >= 15 is 0 Å².